The third kappa shape index (κ3) is 4.42. The normalized spacial score (nSPS) is 19.9. The Kier molecular flexibility index (Phi) is 5.97. The lowest BCUT2D eigenvalue weighted by atomic mass is 10.0. The summed E-state index contributed by atoms with van der Waals surface area (Å²) in [5, 5.41) is 10.4. The highest BCUT2D eigenvalue weighted by molar-refractivity contribution is 6.30. The SMILES string of the molecule is COc1ccc(OC)c(NC(=O)CN2N=CN3NC(c4ccc(Cl)cc4)CC3C2=O)c1. The highest BCUT2D eigenvalue weighted by Gasteiger charge is 2.41. The molecular formula is C21H22ClN5O4. The van der Waals surface area contributed by atoms with E-state index in [9.17, 15) is 9.59 Å². The summed E-state index contributed by atoms with van der Waals surface area (Å²) in [5.74, 6) is 0.411. The molecule has 0 aliphatic carbocycles. The standard InChI is InChI=1S/C21H22ClN5O4/c1-30-15-7-8-19(31-2)17(9-15)24-20(28)11-26-21(29)18-10-16(25-27(18)12-23-26)13-3-5-14(22)6-4-13/h3-9,12,16,18,25H,10-11H2,1-2H3,(H,24,28). The van der Waals surface area contributed by atoms with Crippen LogP contribution in [0, 0.1) is 0 Å². The fraction of sp³-hybridized carbons (Fsp3) is 0.286. The zero-order valence-corrected chi connectivity index (χ0v) is 17.8. The number of rotatable bonds is 6. The van der Waals surface area contributed by atoms with Gasteiger partial charge in [0.25, 0.3) is 5.91 Å². The maximum atomic E-state index is 12.9. The molecule has 2 amide bonds. The van der Waals surface area contributed by atoms with Crippen molar-refractivity contribution in [2.75, 3.05) is 26.1 Å². The van der Waals surface area contributed by atoms with Gasteiger partial charge in [0.15, 0.2) is 0 Å². The number of nitrogens with zero attached hydrogens (tertiary/aromatic N) is 3. The van der Waals surface area contributed by atoms with Crippen molar-refractivity contribution in [3.05, 3.63) is 53.1 Å². The molecule has 1 fully saturated rings. The molecule has 0 spiro atoms. The van der Waals surface area contributed by atoms with Crippen LogP contribution < -0.4 is 20.2 Å². The van der Waals surface area contributed by atoms with Crippen molar-refractivity contribution < 1.29 is 19.1 Å². The van der Waals surface area contributed by atoms with Gasteiger partial charge in [0.1, 0.15) is 30.4 Å². The molecule has 2 unspecified atom stereocenters. The highest BCUT2D eigenvalue weighted by Crippen LogP contribution is 2.31. The molecule has 2 aliphatic rings. The number of nitrogens with one attached hydrogen (secondary N) is 2. The summed E-state index contributed by atoms with van der Waals surface area (Å²) in [4.78, 5) is 25.5. The molecule has 2 N–H and O–H groups in total. The van der Waals surface area contributed by atoms with Crippen LogP contribution in [0.15, 0.2) is 47.6 Å². The van der Waals surface area contributed by atoms with Gasteiger partial charge in [-0.15, -0.1) is 0 Å². The summed E-state index contributed by atoms with van der Waals surface area (Å²) >= 11 is 5.96. The smallest absolute Gasteiger partial charge is 0.267 e. The van der Waals surface area contributed by atoms with Crippen LogP contribution in [0.3, 0.4) is 0 Å². The van der Waals surface area contributed by atoms with Crippen LogP contribution in [0.5, 0.6) is 11.5 Å². The first-order valence-electron chi connectivity index (χ1n) is 9.66. The Hall–Kier alpha value is -3.30. The van der Waals surface area contributed by atoms with Gasteiger partial charge >= 0.3 is 0 Å². The minimum atomic E-state index is -0.447. The Morgan fingerprint density at radius 1 is 1.23 bits per heavy atom. The quantitative estimate of drug-likeness (QED) is 0.711. The molecule has 162 valence electrons. The van der Waals surface area contributed by atoms with Crippen LogP contribution in [0.2, 0.25) is 5.02 Å². The number of hydrogen-bond donors (Lipinski definition) is 2. The molecule has 0 aromatic heterocycles. The van der Waals surface area contributed by atoms with E-state index in [0.29, 0.717) is 28.6 Å². The van der Waals surface area contributed by atoms with Crippen molar-refractivity contribution in [2.45, 2.75) is 18.5 Å². The van der Waals surface area contributed by atoms with Gasteiger partial charge in [-0.25, -0.2) is 10.4 Å². The van der Waals surface area contributed by atoms with E-state index in [0.717, 1.165) is 5.56 Å². The number of methoxy groups -OCH3 is 2. The number of anilines is 1. The molecular weight excluding hydrogens is 422 g/mol. The first-order valence-corrected chi connectivity index (χ1v) is 10.0. The predicted molar refractivity (Wildman–Crippen MR) is 116 cm³/mol. The third-order valence-electron chi connectivity index (χ3n) is 5.20. The van der Waals surface area contributed by atoms with Crippen LogP contribution in [-0.2, 0) is 9.59 Å². The summed E-state index contributed by atoms with van der Waals surface area (Å²) in [6, 6.07) is 12.1. The van der Waals surface area contributed by atoms with E-state index in [1.54, 1.807) is 23.2 Å². The first-order chi connectivity index (χ1) is 15.0. The molecule has 10 heteroatoms. The average molecular weight is 444 g/mol. The molecule has 9 nitrogen and oxygen atoms in total. The zero-order valence-electron chi connectivity index (χ0n) is 17.0. The number of ether oxygens (including phenoxy) is 2. The van der Waals surface area contributed by atoms with Crippen molar-refractivity contribution in [1.29, 1.82) is 0 Å². The molecule has 1 saturated heterocycles. The lowest BCUT2D eigenvalue weighted by Crippen LogP contribution is -2.52. The summed E-state index contributed by atoms with van der Waals surface area (Å²) in [6.45, 7) is -0.217. The summed E-state index contributed by atoms with van der Waals surface area (Å²) in [5.41, 5.74) is 4.74. The van der Waals surface area contributed by atoms with Crippen molar-refractivity contribution in [1.82, 2.24) is 15.4 Å². The Labute approximate surface area is 184 Å². The van der Waals surface area contributed by atoms with E-state index in [4.69, 9.17) is 21.1 Å². The Bertz CT molecular complexity index is 1010. The number of carbonyl (C=O) groups excluding carboxylic acids is 2. The van der Waals surface area contributed by atoms with Crippen LogP contribution in [0.25, 0.3) is 0 Å². The second-order valence-electron chi connectivity index (χ2n) is 7.13. The average Bonchev–Trinajstić information content (AvgIpc) is 3.21. The largest absolute Gasteiger partial charge is 0.497 e. The van der Waals surface area contributed by atoms with Crippen LogP contribution >= 0.6 is 11.6 Å². The molecule has 2 heterocycles. The topological polar surface area (TPSA) is 95.5 Å². The number of hydrazone groups is 1. The number of fused-ring (bicyclic) bond motifs is 1. The number of carbonyl (C=O) groups is 2. The van der Waals surface area contributed by atoms with Gasteiger partial charge in [0.2, 0.25) is 5.91 Å². The lowest BCUT2D eigenvalue weighted by molar-refractivity contribution is -0.139. The molecule has 2 aromatic carbocycles. The van der Waals surface area contributed by atoms with Crippen LogP contribution in [0.1, 0.15) is 18.0 Å². The molecule has 0 bridgehead atoms. The summed E-state index contributed by atoms with van der Waals surface area (Å²) in [6.07, 6.45) is 2.08. The van der Waals surface area contributed by atoms with Crippen LogP contribution in [0.4, 0.5) is 5.69 Å². The molecule has 31 heavy (non-hydrogen) atoms. The van der Waals surface area contributed by atoms with Crippen LogP contribution in [-0.4, -0.2) is 55.0 Å². The number of hydrogen-bond acceptors (Lipinski definition) is 7. The predicted octanol–water partition coefficient (Wildman–Crippen LogP) is 2.40. The maximum absolute atomic E-state index is 12.9. The number of halogens is 1. The molecule has 0 radical (unpaired) electrons. The number of amides is 2. The Morgan fingerprint density at radius 2 is 2.00 bits per heavy atom. The summed E-state index contributed by atoms with van der Waals surface area (Å²) < 4.78 is 10.5. The monoisotopic (exact) mass is 443 g/mol. The maximum Gasteiger partial charge on any atom is 0.267 e. The van der Waals surface area contributed by atoms with Gasteiger partial charge < -0.3 is 14.8 Å². The van der Waals surface area contributed by atoms with Crippen molar-refractivity contribution in [3.63, 3.8) is 0 Å². The highest BCUT2D eigenvalue weighted by atomic mass is 35.5. The minimum Gasteiger partial charge on any atom is -0.497 e. The van der Waals surface area contributed by atoms with E-state index in [1.165, 1.54) is 25.6 Å². The summed E-state index contributed by atoms with van der Waals surface area (Å²) in [7, 11) is 3.04. The number of benzene rings is 2. The van der Waals surface area contributed by atoms with Gasteiger partial charge in [-0.2, -0.15) is 5.10 Å². The molecule has 2 atom stereocenters. The molecule has 4 rings (SSSR count). The molecule has 2 aromatic rings. The van der Waals surface area contributed by atoms with Gasteiger partial charge in [-0.1, -0.05) is 23.7 Å². The van der Waals surface area contributed by atoms with E-state index < -0.39 is 11.9 Å². The zero-order chi connectivity index (χ0) is 22.0. The third-order valence-corrected chi connectivity index (χ3v) is 5.45. The minimum absolute atomic E-state index is 0.0486. The molecule has 2 aliphatic heterocycles. The van der Waals surface area contributed by atoms with Gasteiger partial charge in [-0.05, 0) is 36.2 Å². The first kappa shape index (κ1) is 21.0. The fourth-order valence-electron chi connectivity index (χ4n) is 3.60. The van der Waals surface area contributed by atoms with Crippen molar-refractivity contribution >= 4 is 35.4 Å². The lowest BCUT2D eigenvalue weighted by Gasteiger charge is -2.29. The van der Waals surface area contributed by atoms with Gasteiger partial charge in [0, 0.05) is 11.1 Å². The van der Waals surface area contributed by atoms with Crippen molar-refractivity contribution in [2.24, 2.45) is 5.10 Å². The van der Waals surface area contributed by atoms with Gasteiger partial charge in [-0.3, -0.25) is 14.6 Å². The fourth-order valence-corrected chi connectivity index (χ4v) is 3.73. The van der Waals surface area contributed by atoms with E-state index in [-0.39, 0.29) is 18.5 Å². The van der Waals surface area contributed by atoms with E-state index in [2.05, 4.69) is 15.8 Å². The Balaban J connectivity index is 1.41. The second kappa shape index (κ2) is 8.83. The van der Waals surface area contributed by atoms with Gasteiger partial charge in [0.05, 0.1) is 25.9 Å². The molecule has 0 saturated carbocycles. The van der Waals surface area contributed by atoms with E-state index in [1.807, 2.05) is 24.3 Å². The number of hydrazine groups is 1. The van der Waals surface area contributed by atoms with Crippen molar-refractivity contribution in [3.8, 4) is 11.5 Å². The Morgan fingerprint density at radius 3 is 2.71 bits per heavy atom. The van der Waals surface area contributed by atoms with E-state index >= 15 is 0 Å². The second-order valence-corrected chi connectivity index (χ2v) is 7.57.